The Morgan fingerprint density at radius 3 is 2.16 bits per heavy atom. The molecule has 3 aromatic rings. The third-order valence-electron chi connectivity index (χ3n) is 5.67. The highest BCUT2D eigenvalue weighted by Gasteiger charge is 2.35. The van der Waals surface area contributed by atoms with E-state index in [1.807, 2.05) is 18.2 Å². The first-order chi connectivity index (χ1) is 15.5. The fraction of sp³-hybridized carbons (Fsp3) is 0.240. The first-order valence-corrected chi connectivity index (χ1v) is 10.5. The molecule has 4 rings (SSSR count). The van der Waals surface area contributed by atoms with Gasteiger partial charge in [0, 0.05) is 50.6 Å². The summed E-state index contributed by atoms with van der Waals surface area (Å²) in [7, 11) is 0. The average Bonchev–Trinajstić information content (AvgIpc) is 2.82. The number of halogens is 1. The molecule has 164 valence electrons. The number of hydrogen-bond acceptors (Lipinski definition) is 4. The maximum absolute atomic E-state index is 13.5. The Morgan fingerprint density at radius 2 is 1.50 bits per heavy atom. The number of hydrogen-bond donors (Lipinski definition) is 0. The smallest absolute Gasteiger partial charge is 0.253 e. The van der Waals surface area contributed by atoms with Crippen molar-refractivity contribution in [2.75, 3.05) is 26.2 Å². The molecule has 1 aliphatic heterocycles. The second-order valence-electron chi connectivity index (χ2n) is 7.81. The molecular formula is C25H24FN3O3. The van der Waals surface area contributed by atoms with Gasteiger partial charge in [-0.05, 0) is 35.9 Å². The Labute approximate surface area is 185 Å². The Hall–Kier alpha value is -3.58. The molecular weight excluding hydrogens is 409 g/mol. The topological polar surface area (TPSA) is 62.6 Å². The van der Waals surface area contributed by atoms with Gasteiger partial charge in [0.1, 0.15) is 5.82 Å². The number of nitrogens with zero attached hydrogens (tertiary/aromatic N) is 3. The number of carbonyl (C=O) groups is 2. The van der Waals surface area contributed by atoms with Crippen LogP contribution < -0.4 is 5.56 Å². The predicted octanol–water partition coefficient (Wildman–Crippen LogP) is 2.76. The van der Waals surface area contributed by atoms with E-state index in [9.17, 15) is 18.8 Å². The minimum atomic E-state index is -1.32. The normalized spacial score (nSPS) is 15.3. The number of Topliss-reactive ketones (excluding diaryl/α,β-unsaturated/α-hetero) is 1. The van der Waals surface area contributed by atoms with E-state index in [1.165, 1.54) is 42.1 Å². The van der Waals surface area contributed by atoms with Crippen molar-refractivity contribution in [3.8, 4) is 0 Å². The number of amides is 1. The summed E-state index contributed by atoms with van der Waals surface area (Å²) >= 11 is 0. The van der Waals surface area contributed by atoms with Gasteiger partial charge in [-0.3, -0.25) is 23.9 Å². The van der Waals surface area contributed by atoms with Crippen molar-refractivity contribution in [1.29, 1.82) is 0 Å². The van der Waals surface area contributed by atoms with Gasteiger partial charge in [0.25, 0.3) is 11.5 Å². The SMILES string of the molecule is O=C(c1ccc(F)cc1)C(C(=O)N1CCN(Cc2ccccc2)CC1)n1ccccc1=O. The summed E-state index contributed by atoms with van der Waals surface area (Å²) in [5, 5.41) is 0. The molecule has 0 spiro atoms. The fourth-order valence-corrected chi connectivity index (χ4v) is 3.92. The lowest BCUT2D eigenvalue weighted by molar-refractivity contribution is -0.135. The third kappa shape index (κ3) is 4.84. The molecule has 1 aromatic heterocycles. The number of piperazine rings is 1. The van der Waals surface area contributed by atoms with Crippen LogP contribution >= 0.6 is 0 Å². The van der Waals surface area contributed by atoms with Crippen LogP contribution in [0.5, 0.6) is 0 Å². The number of rotatable bonds is 6. The van der Waals surface area contributed by atoms with E-state index in [4.69, 9.17) is 0 Å². The molecule has 1 atom stereocenters. The first-order valence-electron chi connectivity index (χ1n) is 10.5. The van der Waals surface area contributed by atoms with Crippen LogP contribution in [-0.4, -0.2) is 52.2 Å². The molecule has 1 unspecified atom stereocenters. The molecule has 1 fully saturated rings. The van der Waals surface area contributed by atoms with Crippen LogP contribution in [0, 0.1) is 5.82 Å². The lowest BCUT2D eigenvalue weighted by Gasteiger charge is -2.36. The van der Waals surface area contributed by atoms with Crippen LogP contribution in [0.1, 0.15) is 22.0 Å². The summed E-state index contributed by atoms with van der Waals surface area (Å²) in [5.41, 5.74) is 0.944. The zero-order valence-electron chi connectivity index (χ0n) is 17.6. The number of aromatic nitrogens is 1. The molecule has 0 saturated carbocycles. The molecule has 0 aliphatic carbocycles. The van der Waals surface area contributed by atoms with Gasteiger partial charge in [-0.1, -0.05) is 36.4 Å². The van der Waals surface area contributed by atoms with Crippen LogP contribution in [0.4, 0.5) is 4.39 Å². The van der Waals surface area contributed by atoms with E-state index in [0.717, 1.165) is 11.1 Å². The van der Waals surface area contributed by atoms with Crippen molar-refractivity contribution in [3.63, 3.8) is 0 Å². The van der Waals surface area contributed by atoms with Crippen LogP contribution in [0.15, 0.2) is 83.8 Å². The van der Waals surface area contributed by atoms with Gasteiger partial charge in [-0.2, -0.15) is 0 Å². The highest BCUT2D eigenvalue weighted by molar-refractivity contribution is 6.11. The van der Waals surface area contributed by atoms with Gasteiger partial charge < -0.3 is 4.90 Å². The second-order valence-corrected chi connectivity index (χ2v) is 7.81. The standard InChI is InChI=1S/C25H24FN3O3/c26-21-11-9-20(10-12-21)24(31)23(29-13-5-4-8-22(29)30)25(32)28-16-14-27(15-17-28)18-19-6-2-1-3-7-19/h1-13,23H,14-18H2. The predicted molar refractivity (Wildman–Crippen MR) is 119 cm³/mol. The fourth-order valence-electron chi connectivity index (χ4n) is 3.92. The minimum absolute atomic E-state index is 0.184. The minimum Gasteiger partial charge on any atom is -0.338 e. The zero-order valence-corrected chi connectivity index (χ0v) is 17.6. The van der Waals surface area contributed by atoms with E-state index in [1.54, 1.807) is 17.0 Å². The number of ketones is 1. The summed E-state index contributed by atoms with van der Waals surface area (Å²) in [5.74, 6) is -1.43. The van der Waals surface area contributed by atoms with Crippen LogP contribution in [0.2, 0.25) is 0 Å². The summed E-state index contributed by atoms with van der Waals surface area (Å²) in [4.78, 5) is 43.1. The Balaban J connectivity index is 1.53. The van der Waals surface area contributed by atoms with E-state index >= 15 is 0 Å². The zero-order chi connectivity index (χ0) is 22.5. The second kappa shape index (κ2) is 9.70. The Morgan fingerprint density at radius 1 is 0.844 bits per heavy atom. The van der Waals surface area contributed by atoms with Gasteiger partial charge >= 0.3 is 0 Å². The summed E-state index contributed by atoms with van der Waals surface area (Å²) < 4.78 is 14.5. The number of carbonyl (C=O) groups excluding carboxylic acids is 2. The highest BCUT2D eigenvalue weighted by atomic mass is 19.1. The largest absolute Gasteiger partial charge is 0.338 e. The number of benzene rings is 2. The lowest BCUT2D eigenvalue weighted by Crippen LogP contribution is -2.52. The molecule has 1 aliphatic rings. The van der Waals surface area contributed by atoms with Gasteiger partial charge in [0.2, 0.25) is 0 Å². The maximum atomic E-state index is 13.5. The third-order valence-corrected chi connectivity index (χ3v) is 5.67. The van der Waals surface area contributed by atoms with Gasteiger partial charge in [0.05, 0.1) is 0 Å². The van der Waals surface area contributed by atoms with Crippen molar-refractivity contribution in [3.05, 3.63) is 106 Å². The van der Waals surface area contributed by atoms with E-state index in [-0.39, 0.29) is 5.56 Å². The monoisotopic (exact) mass is 433 g/mol. The van der Waals surface area contributed by atoms with E-state index in [0.29, 0.717) is 26.2 Å². The van der Waals surface area contributed by atoms with Crippen molar-refractivity contribution >= 4 is 11.7 Å². The number of pyridine rings is 1. The molecule has 1 amide bonds. The average molecular weight is 433 g/mol. The van der Waals surface area contributed by atoms with Gasteiger partial charge in [-0.15, -0.1) is 0 Å². The maximum Gasteiger partial charge on any atom is 0.253 e. The molecule has 1 saturated heterocycles. The lowest BCUT2D eigenvalue weighted by atomic mass is 10.0. The molecule has 7 heteroatoms. The van der Waals surface area contributed by atoms with Crippen molar-refractivity contribution < 1.29 is 14.0 Å². The van der Waals surface area contributed by atoms with Crippen molar-refractivity contribution in [2.45, 2.75) is 12.6 Å². The molecule has 2 heterocycles. The van der Waals surface area contributed by atoms with Crippen molar-refractivity contribution in [1.82, 2.24) is 14.4 Å². The Kier molecular flexibility index (Phi) is 6.56. The first kappa shape index (κ1) is 21.6. The highest BCUT2D eigenvalue weighted by Crippen LogP contribution is 2.19. The van der Waals surface area contributed by atoms with Crippen molar-refractivity contribution in [2.24, 2.45) is 0 Å². The molecule has 32 heavy (non-hydrogen) atoms. The van der Waals surface area contributed by atoms with Crippen LogP contribution in [0.25, 0.3) is 0 Å². The van der Waals surface area contributed by atoms with Gasteiger partial charge in [0.15, 0.2) is 11.8 Å². The molecule has 6 nitrogen and oxygen atoms in total. The molecule has 0 radical (unpaired) electrons. The summed E-state index contributed by atoms with van der Waals surface area (Å²) in [6, 6.07) is 18.3. The quantitative estimate of drug-likeness (QED) is 0.443. The van der Waals surface area contributed by atoms with Gasteiger partial charge in [-0.25, -0.2) is 4.39 Å². The summed E-state index contributed by atoms with van der Waals surface area (Å²) in [6.45, 7) is 3.05. The van der Waals surface area contributed by atoms with Crippen LogP contribution in [0.3, 0.4) is 0 Å². The van der Waals surface area contributed by atoms with Crippen LogP contribution in [-0.2, 0) is 11.3 Å². The molecule has 0 bridgehead atoms. The van der Waals surface area contributed by atoms with E-state index in [2.05, 4.69) is 17.0 Å². The molecule has 2 aromatic carbocycles. The summed E-state index contributed by atoms with van der Waals surface area (Å²) in [6.07, 6.45) is 1.44. The molecule has 0 N–H and O–H groups in total. The van der Waals surface area contributed by atoms with E-state index < -0.39 is 29.1 Å². The Bertz CT molecular complexity index is 1140.